The second-order valence-corrected chi connectivity index (χ2v) is 5.25. The van der Waals surface area contributed by atoms with Gasteiger partial charge in [0.2, 0.25) is 5.75 Å². The predicted molar refractivity (Wildman–Crippen MR) is 80.6 cm³/mol. The molecule has 0 saturated carbocycles. The molecule has 1 aromatic carbocycles. The maximum absolute atomic E-state index is 12.5. The molecule has 0 radical (unpaired) electrons. The Morgan fingerprint density at radius 3 is 2.33 bits per heavy atom. The SMILES string of the molecule is COc1cc(C(=O)CC2CCCNC2)cc(OC)c1OC. The lowest BCUT2D eigenvalue weighted by molar-refractivity contribution is 0.0953. The molecule has 116 valence electrons. The molecule has 1 saturated heterocycles. The fraction of sp³-hybridized carbons (Fsp3) is 0.562. The van der Waals surface area contributed by atoms with E-state index >= 15 is 0 Å². The third kappa shape index (κ3) is 3.67. The molecule has 1 aromatic rings. The van der Waals surface area contributed by atoms with Gasteiger partial charge < -0.3 is 19.5 Å². The highest BCUT2D eigenvalue weighted by molar-refractivity contribution is 5.97. The summed E-state index contributed by atoms with van der Waals surface area (Å²) in [4.78, 5) is 12.5. The summed E-state index contributed by atoms with van der Waals surface area (Å²) in [5, 5.41) is 3.33. The van der Waals surface area contributed by atoms with Gasteiger partial charge in [0.05, 0.1) is 21.3 Å². The first kappa shape index (κ1) is 15.6. The molecule has 0 spiro atoms. The highest BCUT2D eigenvalue weighted by Gasteiger charge is 2.21. The summed E-state index contributed by atoms with van der Waals surface area (Å²) in [5.41, 5.74) is 0.607. The van der Waals surface area contributed by atoms with E-state index in [-0.39, 0.29) is 5.78 Å². The first-order chi connectivity index (χ1) is 10.2. The Morgan fingerprint density at radius 2 is 1.86 bits per heavy atom. The van der Waals surface area contributed by atoms with Crippen LogP contribution in [0.15, 0.2) is 12.1 Å². The van der Waals surface area contributed by atoms with Gasteiger partial charge in [-0.25, -0.2) is 0 Å². The summed E-state index contributed by atoms with van der Waals surface area (Å²) in [6, 6.07) is 3.44. The summed E-state index contributed by atoms with van der Waals surface area (Å²) >= 11 is 0. The van der Waals surface area contributed by atoms with Crippen molar-refractivity contribution in [1.29, 1.82) is 0 Å². The van der Waals surface area contributed by atoms with Crippen LogP contribution in [0, 0.1) is 5.92 Å². The van der Waals surface area contributed by atoms with Crippen LogP contribution >= 0.6 is 0 Å². The van der Waals surface area contributed by atoms with E-state index in [9.17, 15) is 4.79 Å². The number of hydrogen-bond acceptors (Lipinski definition) is 5. The van der Waals surface area contributed by atoms with Gasteiger partial charge in [-0.3, -0.25) is 4.79 Å². The van der Waals surface area contributed by atoms with Crippen LogP contribution in [-0.4, -0.2) is 40.2 Å². The second kappa shape index (κ2) is 7.31. The van der Waals surface area contributed by atoms with Gasteiger partial charge in [-0.15, -0.1) is 0 Å². The normalized spacial score (nSPS) is 18.1. The number of carbonyl (C=O) groups is 1. The summed E-state index contributed by atoms with van der Waals surface area (Å²) in [5.74, 6) is 2.06. The van der Waals surface area contributed by atoms with Crippen LogP contribution in [0.1, 0.15) is 29.6 Å². The van der Waals surface area contributed by atoms with E-state index in [1.54, 1.807) is 33.5 Å². The number of hydrogen-bond donors (Lipinski definition) is 1. The third-order valence-electron chi connectivity index (χ3n) is 3.86. The van der Waals surface area contributed by atoms with Crippen LogP contribution < -0.4 is 19.5 Å². The summed E-state index contributed by atoms with van der Waals surface area (Å²) < 4.78 is 15.9. The fourth-order valence-corrected chi connectivity index (χ4v) is 2.72. The number of methoxy groups -OCH3 is 3. The minimum absolute atomic E-state index is 0.114. The number of ether oxygens (including phenoxy) is 3. The van der Waals surface area contributed by atoms with Gasteiger partial charge in [0.15, 0.2) is 17.3 Å². The third-order valence-corrected chi connectivity index (χ3v) is 3.86. The van der Waals surface area contributed by atoms with Crippen molar-refractivity contribution in [2.24, 2.45) is 5.92 Å². The van der Waals surface area contributed by atoms with Gasteiger partial charge >= 0.3 is 0 Å². The lowest BCUT2D eigenvalue weighted by Gasteiger charge is -2.22. The van der Waals surface area contributed by atoms with Crippen LogP contribution in [-0.2, 0) is 0 Å². The molecule has 5 heteroatoms. The van der Waals surface area contributed by atoms with Gasteiger partial charge in [-0.05, 0) is 44.0 Å². The summed E-state index contributed by atoms with van der Waals surface area (Å²) in [7, 11) is 4.66. The number of nitrogens with one attached hydrogen (secondary N) is 1. The Kier molecular flexibility index (Phi) is 5.44. The predicted octanol–water partition coefficient (Wildman–Crippen LogP) is 2.28. The first-order valence-electron chi connectivity index (χ1n) is 7.23. The molecule has 1 fully saturated rings. The number of rotatable bonds is 6. The molecule has 0 aliphatic carbocycles. The molecule has 0 bridgehead atoms. The molecule has 1 atom stereocenters. The molecule has 1 heterocycles. The molecule has 0 aromatic heterocycles. The molecular weight excluding hydrogens is 270 g/mol. The Bertz CT molecular complexity index is 470. The quantitative estimate of drug-likeness (QED) is 0.816. The van der Waals surface area contributed by atoms with E-state index < -0.39 is 0 Å². The molecular formula is C16H23NO4. The van der Waals surface area contributed by atoms with Crippen molar-refractivity contribution < 1.29 is 19.0 Å². The second-order valence-electron chi connectivity index (χ2n) is 5.25. The van der Waals surface area contributed by atoms with Gasteiger partial charge in [0.25, 0.3) is 0 Å². The minimum atomic E-state index is 0.114. The fourth-order valence-electron chi connectivity index (χ4n) is 2.72. The van der Waals surface area contributed by atoms with Crippen molar-refractivity contribution in [3.8, 4) is 17.2 Å². The van der Waals surface area contributed by atoms with Gasteiger partial charge in [0.1, 0.15) is 0 Å². The topological polar surface area (TPSA) is 56.8 Å². The summed E-state index contributed by atoms with van der Waals surface area (Å²) in [6.07, 6.45) is 2.78. The monoisotopic (exact) mass is 293 g/mol. The number of ketones is 1. The van der Waals surface area contributed by atoms with E-state index in [0.29, 0.717) is 35.2 Å². The van der Waals surface area contributed by atoms with Crippen molar-refractivity contribution in [1.82, 2.24) is 5.32 Å². The van der Waals surface area contributed by atoms with Gasteiger partial charge in [0, 0.05) is 12.0 Å². The maximum atomic E-state index is 12.5. The molecule has 1 N–H and O–H groups in total. The first-order valence-corrected chi connectivity index (χ1v) is 7.23. The van der Waals surface area contributed by atoms with E-state index in [2.05, 4.69) is 5.32 Å². The smallest absolute Gasteiger partial charge is 0.203 e. The number of piperidine rings is 1. The Hall–Kier alpha value is -1.75. The highest BCUT2D eigenvalue weighted by Crippen LogP contribution is 2.38. The molecule has 0 amide bonds. The summed E-state index contributed by atoms with van der Waals surface area (Å²) in [6.45, 7) is 1.96. The number of Topliss-reactive ketones (excluding diaryl/α,β-unsaturated/α-hetero) is 1. The van der Waals surface area contributed by atoms with E-state index in [1.807, 2.05) is 0 Å². The Morgan fingerprint density at radius 1 is 1.19 bits per heavy atom. The highest BCUT2D eigenvalue weighted by atomic mass is 16.5. The average molecular weight is 293 g/mol. The largest absolute Gasteiger partial charge is 0.493 e. The number of benzene rings is 1. The molecule has 1 aliphatic heterocycles. The molecule has 5 nitrogen and oxygen atoms in total. The standard InChI is InChI=1S/C16H23NO4/c1-19-14-8-12(9-15(20-2)16(14)21-3)13(18)7-11-5-4-6-17-10-11/h8-9,11,17H,4-7,10H2,1-3H3. The molecule has 1 unspecified atom stereocenters. The zero-order valence-corrected chi connectivity index (χ0v) is 12.9. The molecule has 1 aliphatic rings. The van der Waals surface area contributed by atoms with Crippen LogP contribution in [0.25, 0.3) is 0 Å². The van der Waals surface area contributed by atoms with Crippen molar-refractivity contribution in [2.75, 3.05) is 34.4 Å². The Labute approximate surface area is 125 Å². The zero-order chi connectivity index (χ0) is 15.2. The van der Waals surface area contributed by atoms with E-state index in [0.717, 1.165) is 25.9 Å². The van der Waals surface area contributed by atoms with Crippen molar-refractivity contribution >= 4 is 5.78 Å². The van der Waals surface area contributed by atoms with Gasteiger partial charge in [-0.2, -0.15) is 0 Å². The maximum Gasteiger partial charge on any atom is 0.203 e. The lowest BCUT2D eigenvalue weighted by Crippen LogP contribution is -2.31. The van der Waals surface area contributed by atoms with E-state index in [4.69, 9.17) is 14.2 Å². The molecule has 21 heavy (non-hydrogen) atoms. The van der Waals surface area contributed by atoms with Crippen molar-refractivity contribution in [3.05, 3.63) is 17.7 Å². The lowest BCUT2D eigenvalue weighted by atomic mass is 9.92. The van der Waals surface area contributed by atoms with Crippen molar-refractivity contribution in [2.45, 2.75) is 19.3 Å². The Balaban J connectivity index is 2.19. The van der Waals surface area contributed by atoms with E-state index in [1.165, 1.54) is 0 Å². The zero-order valence-electron chi connectivity index (χ0n) is 12.9. The number of carbonyl (C=O) groups excluding carboxylic acids is 1. The minimum Gasteiger partial charge on any atom is -0.493 e. The average Bonchev–Trinajstić information content (AvgIpc) is 2.54. The van der Waals surface area contributed by atoms with Gasteiger partial charge in [-0.1, -0.05) is 0 Å². The van der Waals surface area contributed by atoms with Crippen LogP contribution in [0.5, 0.6) is 17.2 Å². The molecule has 2 rings (SSSR count). The van der Waals surface area contributed by atoms with Crippen LogP contribution in [0.2, 0.25) is 0 Å². The van der Waals surface area contributed by atoms with Crippen LogP contribution in [0.3, 0.4) is 0 Å². The van der Waals surface area contributed by atoms with Crippen LogP contribution in [0.4, 0.5) is 0 Å². The van der Waals surface area contributed by atoms with Crippen molar-refractivity contribution in [3.63, 3.8) is 0 Å².